The molecule has 6 atom stereocenters. The van der Waals surface area contributed by atoms with Crippen molar-refractivity contribution in [2.24, 2.45) is 17.8 Å². The van der Waals surface area contributed by atoms with Crippen LogP contribution in [0.3, 0.4) is 0 Å². The summed E-state index contributed by atoms with van der Waals surface area (Å²) in [5.74, 6) is 0.0259. The number of allylic oxidation sites excluding steroid dienone is 1. The number of ether oxygens (including phenoxy) is 2. The van der Waals surface area contributed by atoms with E-state index in [2.05, 4.69) is 21.8 Å². The zero-order valence-corrected chi connectivity index (χ0v) is 26.4. The minimum atomic E-state index is -4.06. The first-order chi connectivity index (χ1) is 20.6. The van der Waals surface area contributed by atoms with E-state index >= 15 is 0 Å². The maximum absolute atomic E-state index is 13.5. The summed E-state index contributed by atoms with van der Waals surface area (Å²) in [5, 5.41) is 11.0. The molecule has 43 heavy (non-hydrogen) atoms. The van der Waals surface area contributed by atoms with E-state index in [1.54, 1.807) is 18.2 Å². The normalized spacial score (nSPS) is 32.8. The van der Waals surface area contributed by atoms with Crippen LogP contribution >= 0.6 is 11.6 Å². The predicted octanol–water partition coefficient (Wildman–Crippen LogP) is 4.87. The maximum atomic E-state index is 13.5. The number of fused-ring (bicyclic) bond motifs is 4. The molecule has 1 saturated carbocycles. The van der Waals surface area contributed by atoms with Crippen molar-refractivity contribution in [2.75, 3.05) is 38.3 Å². The van der Waals surface area contributed by atoms with Crippen molar-refractivity contribution in [1.82, 2.24) is 4.72 Å². The van der Waals surface area contributed by atoms with Gasteiger partial charge in [-0.1, -0.05) is 36.7 Å². The molecule has 0 aromatic heterocycles. The second-order valence-corrected chi connectivity index (χ2v) is 15.2. The van der Waals surface area contributed by atoms with E-state index in [1.165, 1.54) is 18.2 Å². The number of amides is 1. The molecular weight excluding hydrogens is 588 g/mol. The lowest BCUT2D eigenvalue weighted by Gasteiger charge is -2.45. The van der Waals surface area contributed by atoms with Gasteiger partial charge in [0.25, 0.3) is 5.91 Å². The van der Waals surface area contributed by atoms with Crippen LogP contribution in [0.15, 0.2) is 48.6 Å². The van der Waals surface area contributed by atoms with Crippen LogP contribution in [-0.4, -0.2) is 64.2 Å². The van der Waals surface area contributed by atoms with Gasteiger partial charge >= 0.3 is 0 Å². The van der Waals surface area contributed by atoms with Crippen molar-refractivity contribution in [2.45, 2.75) is 62.2 Å². The lowest BCUT2D eigenvalue weighted by atomic mass is 9.68. The fourth-order valence-corrected chi connectivity index (χ4v) is 9.28. The molecule has 6 rings (SSSR count). The summed E-state index contributed by atoms with van der Waals surface area (Å²) in [4.78, 5) is 15.8. The molecule has 2 N–H and O–H groups in total. The molecule has 2 aromatic carbocycles. The predicted molar refractivity (Wildman–Crippen MR) is 167 cm³/mol. The van der Waals surface area contributed by atoms with Gasteiger partial charge in [-0.25, -0.2) is 13.1 Å². The molecule has 2 heterocycles. The lowest BCUT2D eigenvalue weighted by Crippen LogP contribution is -2.49. The summed E-state index contributed by atoms with van der Waals surface area (Å²) in [5.41, 5.74) is 3.25. The average molecular weight is 629 g/mol. The number of aryl methyl sites for hydroxylation is 1. The first-order valence-electron chi connectivity index (χ1n) is 15.3. The molecule has 0 radical (unpaired) electrons. The number of halogens is 1. The number of anilines is 1. The second kappa shape index (κ2) is 12.1. The number of aliphatic hydroxyl groups excluding tert-OH is 1. The Balaban J connectivity index is 1.42. The van der Waals surface area contributed by atoms with E-state index in [9.17, 15) is 18.3 Å². The largest absolute Gasteiger partial charge is 0.490 e. The highest BCUT2D eigenvalue weighted by molar-refractivity contribution is 7.90. The quantitative estimate of drug-likeness (QED) is 0.457. The number of carbonyl (C=O) groups excluding carboxylic acids is 1. The highest BCUT2D eigenvalue weighted by Crippen LogP contribution is 2.46. The number of benzene rings is 2. The van der Waals surface area contributed by atoms with Crippen LogP contribution < -0.4 is 14.4 Å². The first kappa shape index (κ1) is 30.4. The number of hydrogen-bond donors (Lipinski definition) is 2. The van der Waals surface area contributed by atoms with Crippen molar-refractivity contribution >= 4 is 33.2 Å². The molecule has 0 saturated heterocycles. The summed E-state index contributed by atoms with van der Waals surface area (Å²) in [6.45, 7) is 3.64. The number of hydrogen-bond acceptors (Lipinski definition) is 7. The van der Waals surface area contributed by atoms with Crippen molar-refractivity contribution in [3.05, 3.63) is 70.3 Å². The monoisotopic (exact) mass is 628 g/mol. The van der Waals surface area contributed by atoms with E-state index in [-0.39, 0.29) is 35.3 Å². The van der Waals surface area contributed by atoms with E-state index in [0.717, 1.165) is 42.8 Å². The number of nitrogens with zero attached hydrogens (tertiary/aromatic N) is 1. The minimum absolute atomic E-state index is 0.0502. The number of rotatable bonds is 2. The molecule has 2 aliphatic heterocycles. The molecule has 1 spiro atoms. The van der Waals surface area contributed by atoms with Gasteiger partial charge in [0.2, 0.25) is 10.0 Å². The molecule has 4 aliphatic rings. The Hall–Kier alpha value is -2.59. The smallest absolute Gasteiger partial charge is 0.264 e. The van der Waals surface area contributed by atoms with Crippen LogP contribution in [0.2, 0.25) is 5.02 Å². The van der Waals surface area contributed by atoms with Gasteiger partial charge in [0.05, 0.1) is 25.0 Å². The Kier molecular flexibility index (Phi) is 8.54. The van der Waals surface area contributed by atoms with Gasteiger partial charge in [-0.3, -0.25) is 4.79 Å². The molecule has 1 fully saturated rings. The Morgan fingerprint density at radius 1 is 1.21 bits per heavy atom. The van der Waals surface area contributed by atoms with Crippen LogP contribution in [0.25, 0.3) is 0 Å². The Morgan fingerprint density at radius 3 is 2.81 bits per heavy atom. The Morgan fingerprint density at radius 2 is 2.05 bits per heavy atom. The molecule has 0 unspecified atom stereocenters. The molecule has 2 aromatic rings. The van der Waals surface area contributed by atoms with E-state index in [4.69, 9.17) is 21.1 Å². The summed E-state index contributed by atoms with van der Waals surface area (Å²) < 4.78 is 41.0. The number of aliphatic hydroxyl groups is 1. The van der Waals surface area contributed by atoms with Crippen LogP contribution in [0.4, 0.5) is 5.69 Å². The van der Waals surface area contributed by atoms with Gasteiger partial charge in [0.15, 0.2) is 0 Å². The number of nitrogens with one attached hydrogen (secondary N) is 1. The zero-order chi connectivity index (χ0) is 30.4. The summed E-state index contributed by atoms with van der Waals surface area (Å²) >= 11 is 6.39. The van der Waals surface area contributed by atoms with Crippen LogP contribution in [0, 0.1) is 17.8 Å². The van der Waals surface area contributed by atoms with Crippen molar-refractivity contribution in [3.8, 4) is 5.75 Å². The summed E-state index contributed by atoms with van der Waals surface area (Å²) in [7, 11) is -2.61. The fraction of sp³-hybridized carbons (Fsp3) is 0.545. The first-order valence-corrected chi connectivity index (χ1v) is 17.2. The maximum Gasteiger partial charge on any atom is 0.264 e. The van der Waals surface area contributed by atoms with Gasteiger partial charge in [-0.2, -0.15) is 0 Å². The van der Waals surface area contributed by atoms with Crippen molar-refractivity contribution in [1.29, 1.82) is 0 Å². The van der Waals surface area contributed by atoms with Crippen LogP contribution in [0.5, 0.6) is 5.75 Å². The van der Waals surface area contributed by atoms with Crippen molar-refractivity contribution in [3.63, 3.8) is 0 Å². The van der Waals surface area contributed by atoms with Crippen molar-refractivity contribution < 1.29 is 27.8 Å². The van der Waals surface area contributed by atoms with Gasteiger partial charge in [0, 0.05) is 36.2 Å². The molecule has 8 nitrogen and oxygen atoms in total. The number of sulfonamides is 1. The summed E-state index contributed by atoms with van der Waals surface area (Å²) in [6.07, 6.45) is 8.38. The van der Waals surface area contributed by atoms with E-state index < -0.39 is 27.3 Å². The van der Waals surface area contributed by atoms with Gasteiger partial charge < -0.3 is 19.5 Å². The highest BCUT2D eigenvalue weighted by atomic mass is 35.5. The van der Waals surface area contributed by atoms with Gasteiger partial charge in [0.1, 0.15) is 11.0 Å². The third kappa shape index (κ3) is 5.93. The summed E-state index contributed by atoms with van der Waals surface area (Å²) in [6, 6.07) is 11.3. The number of carbonyl (C=O) groups is 1. The molecular formula is C33H41ClN2O6S. The van der Waals surface area contributed by atoms with Gasteiger partial charge in [-0.15, -0.1) is 0 Å². The van der Waals surface area contributed by atoms with E-state index in [0.29, 0.717) is 31.9 Å². The van der Waals surface area contributed by atoms with Crippen LogP contribution in [-0.2, 0) is 26.6 Å². The fourth-order valence-electron chi connectivity index (χ4n) is 7.52. The third-order valence-corrected chi connectivity index (χ3v) is 12.2. The van der Waals surface area contributed by atoms with E-state index in [1.807, 2.05) is 25.1 Å². The molecule has 10 heteroatoms. The number of methoxy groups -OCH3 is 1. The second-order valence-electron chi connectivity index (χ2n) is 12.9. The topological polar surface area (TPSA) is 105 Å². The standard InChI is InChI=1S/C33H41ClN2O6S/c1-21-5-3-7-29(37)26-11-8-24(26)17-36-19-33(14-4-6-22-15-25(34)10-12-27(22)33)20-42-30-13-9-23(16-28(30)36)32(38)35-43(39,40)31(21)18-41-2/h3,7,9-10,12-13,15-16,21,24,26,29,31,37H,4-6,8,11,14,17-20H2,1-2H3,(H,35,38)/b7-3+/t21-,24-,26+,29-,31-,33-/m0/s1. The van der Waals surface area contributed by atoms with Gasteiger partial charge in [-0.05, 0) is 97.7 Å². The zero-order valence-electron chi connectivity index (χ0n) is 24.8. The third-order valence-electron chi connectivity index (χ3n) is 10.1. The molecule has 232 valence electrons. The molecule has 2 aliphatic carbocycles. The van der Waals surface area contributed by atoms with Crippen LogP contribution in [0.1, 0.15) is 60.5 Å². The highest BCUT2D eigenvalue weighted by Gasteiger charge is 2.44. The Labute approximate surface area is 259 Å². The Bertz CT molecular complexity index is 1510. The average Bonchev–Trinajstić information content (AvgIpc) is 3.10. The lowest BCUT2D eigenvalue weighted by molar-refractivity contribution is 0.0455. The molecule has 2 bridgehead atoms. The minimum Gasteiger partial charge on any atom is -0.490 e. The SMILES string of the molecule is COC[C@H]1[C@@H](C)C/C=C/[C@H](O)[C@@H]2CC[C@H]2CN2C[C@@]3(CCCc4cc(Cl)ccc43)COc3ccc(cc32)C(=O)NS1(=O)=O. The molecule has 1 amide bonds.